The summed E-state index contributed by atoms with van der Waals surface area (Å²) in [5.41, 5.74) is 2.30. The van der Waals surface area contributed by atoms with Crippen molar-refractivity contribution in [1.29, 1.82) is 0 Å². The standard InChI is InChI=1S/C19H19NO/c1-2-3-14-20-19(21)15-18(16-10-6-4-7-11-16)17-12-8-5-9-13-17/h1,4-13,18H,3,14-15H2,(H,20,21). The number of hydrogen-bond donors (Lipinski definition) is 1. The summed E-state index contributed by atoms with van der Waals surface area (Å²) in [6.45, 7) is 0.533. The van der Waals surface area contributed by atoms with Crippen molar-refractivity contribution < 1.29 is 4.79 Å². The number of carbonyl (C=O) groups excluding carboxylic acids is 1. The zero-order chi connectivity index (χ0) is 14.9. The van der Waals surface area contributed by atoms with Crippen LogP contribution in [0.25, 0.3) is 0 Å². The quantitative estimate of drug-likeness (QED) is 0.637. The molecule has 2 rings (SSSR count). The van der Waals surface area contributed by atoms with Crippen molar-refractivity contribution >= 4 is 5.91 Å². The van der Waals surface area contributed by atoms with Crippen molar-refractivity contribution in [3.05, 3.63) is 71.8 Å². The second kappa shape index (κ2) is 7.91. The topological polar surface area (TPSA) is 29.1 Å². The lowest BCUT2D eigenvalue weighted by Gasteiger charge is -2.17. The summed E-state index contributed by atoms with van der Waals surface area (Å²) in [4.78, 5) is 12.1. The maximum absolute atomic E-state index is 12.1. The van der Waals surface area contributed by atoms with Crippen LogP contribution in [0.3, 0.4) is 0 Å². The van der Waals surface area contributed by atoms with E-state index in [9.17, 15) is 4.79 Å². The fourth-order valence-corrected chi connectivity index (χ4v) is 2.33. The van der Waals surface area contributed by atoms with Gasteiger partial charge in [-0.05, 0) is 11.1 Å². The minimum absolute atomic E-state index is 0.0305. The summed E-state index contributed by atoms with van der Waals surface area (Å²) in [5, 5.41) is 2.87. The van der Waals surface area contributed by atoms with Gasteiger partial charge in [0.05, 0.1) is 0 Å². The lowest BCUT2D eigenvalue weighted by atomic mass is 9.88. The molecule has 0 aliphatic rings. The highest BCUT2D eigenvalue weighted by atomic mass is 16.1. The summed E-state index contributed by atoms with van der Waals surface area (Å²) < 4.78 is 0. The number of amides is 1. The molecule has 0 saturated carbocycles. The summed E-state index contributed by atoms with van der Waals surface area (Å²) >= 11 is 0. The van der Waals surface area contributed by atoms with Gasteiger partial charge in [-0.15, -0.1) is 12.3 Å². The lowest BCUT2D eigenvalue weighted by Crippen LogP contribution is -2.26. The van der Waals surface area contributed by atoms with Gasteiger partial charge >= 0.3 is 0 Å². The van der Waals surface area contributed by atoms with Gasteiger partial charge in [0.2, 0.25) is 5.91 Å². The fraction of sp³-hybridized carbons (Fsp3) is 0.211. The molecule has 0 saturated heterocycles. The molecule has 0 heterocycles. The van der Waals surface area contributed by atoms with E-state index in [2.05, 4.69) is 35.5 Å². The third-order valence-electron chi connectivity index (χ3n) is 3.38. The van der Waals surface area contributed by atoms with E-state index in [1.54, 1.807) is 0 Å². The first-order valence-corrected chi connectivity index (χ1v) is 7.11. The van der Waals surface area contributed by atoms with E-state index in [0.29, 0.717) is 19.4 Å². The van der Waals surface area contributed by atoms with E-state index < -0.39 is 0 Å². The summed E-state index contributed by atoms with van der Waals surface area (Å²) in [6, 6.07) is 20.2. The average Bonchev–Trinajstić information content (AvgIpc) is 2.54. The Bertz CT molecular complexity index is 559. The Morgan fingerprint density at radius 1 is 1.00 bits per heavy atom. The van der Waals surface area contributed by atoms with E-state index in [4.69, 9.17) is 6.42 Å². The minimum atomic E-state index is 0.0305. The largest absolute Gasteiger partial charge is 0.355 e. The van der Waals surface area contributed by atoms with Gasteiger partial charge < -0.3 is 5.32 Å². The second-order valence-electron chi connectivity index (χ2n) is 4.88. The number of rotatable bonds is 6. The number of nitrogens with one attached hydrogen (secondary N) is 1. The molecule has 0 bridgehead atoms. The van der Waals surface area contributed by atoms with Gasteiger partial charge in [-0.1, -0.05) is 60.7 Å². The molecule has 1 N–H and O–H groups in total. The van der Waals surface area contributed by atoms with Gasteiger partial charge in [0.1, 0.15) is 0 Å². The van der Waals surface area contributed by atoms with Crippen molar-refractivity contribution in [3.8, 4) is 12.3 Å². The van der Waals surface area contributed by atoms with Gasteiger partial charge in [0.15, 0.2) is 0 Å². The van der Waals surface area contributed by atoms with E-state index in [0.717, 1.165) is 11.1 Å². The molecule has 2 heteroatoms. The average molecular weight is 277 g/mol. The highest BCUT2D eigenvalue weighted by Gasteiger charge is 2.17. The predicted molar refractivity (Wildman–Crippen MR) is 85.8 cm³/mol. The van der Waals surface area contributed by atoms with Crippen LogP contribution in [0, 0.1) is 12.3 Å². The Kier molecular flexibility index (Phi) is 5.60. The minimum Gasteiger partial charge on any atom is -0.355 e. The summed E-state index contributed by atoms with van der Waals surface area (Å²) in [5.74, 6) is 2.62. The fourth-order valence-electron chi connectivity index (χ4n) is 2.33. The van der Waals surface area contributed by atoms with Gasteiger partial charge in [0.25, 0.3) is 0 Å². The van der Waals surface area contributed by atoms with Gasteiger partial charge in [-0.3, -0.25) is 4.79 Å². The molecular formula is C19H19NO. The molecule has 106 valence electrons. The van der Waals surface area contributed by atoms with Crippen LogP contribution in [-0.2, 0) is 4.79 Å². The Hall–Kier alpha value is -2.53. The zero-order valence-electron chi connectivity index (χ0n) is 12.0. The maximum Gasteiger partial charge on any atom is 0.220 e. The highest BCUT2D eigenvalue weighted by Crippen LogP contribution is 2.27. The molecule has 0 fully saturated rings. The lowest BCUT2D eigenvalue weighted by molar-refractivity contribution is -0.121. The monoisotopic (exact) mass is 277 g/mol. The van der Waals surface area contributed by atoms with Crippen molar-refractivity contribution in [2.45, 2.75) is 18.8 Å². The smallest absolute Gasteiger partial charge is 0.220 e. The van der Waals surface area contributed by atoms with Crippen LogP contribution in [0.2, 0.25) is 0 Å². The molecule has 0 radical (unpaired) electrons. The van der Waals surface area contributed by atoms with Crippen molar-refractivity contribution in [3.63, 3.8) is 0 Å². The molecule has 1 amide bonds. The molecule has 21 heavy (non-hydrogen) atoms. The van der Waals surface area contributed by atoms with Crippen molar-refractivity contribution in [2.24, 2.45) is 0 Å². The molecular weight excluding hydrogens is 258 g/mol. The Labute approximate surface area is 126 Å². The molecule has 2 aromatic rings. The first kappa shape index (κ1) is 14.9. The van der Waals surface area contributed by atoms with E-state index in [1.807, 2.05) is 36.4 Å². The molecule has 0 aromatic heterocycles. The number of terminal acetylenes is 1. The third kappa shape index (κ3) is 4.50. The highest BCUT2D eigenvalue weighted by molar-refractivity contribution is 5.77. The van der Waals surface area contributed by atoms with Crippen LogP contribution in [0.5, 0.6) is 0 Å². The third-order valence-corrected chi connectivity index (χ3v) is 3.38. The van der Waals surface area contributed by atoms with E-state index >= 15 is 0 Å². The van der Waals surface area contributed by atoms with Crippen LogP contribution in [0.15, 0.2) is 60.7 Å². The first-order valence-electron chi connectivity index (χ1n) is 7.11. The molecule has 0 aliphatic heterocycles. The number of carbonyl (C=O) groups is 1. The van der Waals surface area contributed by atoms with E-state index in [-0.39, 0.29) is 11.8 Å². The van der Waals surface area contributed by atoms with Gasteiger partial charge in [0, 0.05) is 25.3 Å². The first-order chi connectivity index (χ1) is 10.3. The SMILES string of the molecule is C#CCCNC(=O)CC(c1ccccc1)c1ccccc1. The second-order valence-corrected chi connectivity index (χ2v) is 4.88. The number of benzene rings is 2. The summed E-state index contributed by atoms with van der Waals surface area (Å²) in [6.07, 6.45) is 6.19. The molecule has 0 spiro atoms. The van der Waals surface area contributed by atoms with Gasteiger partial charge in [-0.2, -0.15) is 0 Å². The molecule has 2 aromatic carbocycles. The van der Waals surface area contributed by atoms with Crippen LogP contribution < -0.4 is 5.32 Å². The summed E-state index contributed by atoms with van der Waals surface area (Å²) in [7, 11) is 0. The van der Waals surface area contributed by atoms with Gasteiger partial charge in [-0.25, -0.2) is 0 Å². The van der Waals surface area contributed by atoms with Crippen LogP contribution in [-0.4, -0.2) is 12.5 Å². The Morgan fingerprint density at radius 3 is 2.00 bits per heavy atom. The predicted octanol–water partition coefficient (Wildman–Crippen LogP) is 3.35. The van der Waals surface area contributed by atoms with E-state index in [1.165, 1.54) is 0 Å². The maximum atomic E-state index is 12.1. The molecule has 0 atom stereocenters. The normalized spacial score (nSPS) is 10.1. The van der Waals surface area contributed by atoms with Crippen molar-refractivity contribution in [2.75, 3.05) is 6.54 Å². The van der Waals surface area contributed by atoms with Crippen LogP contribution in [0.1, 0.15) is 29.9 Å². The van der Waals surface area contributed by atoms with Crippen LogP contribution in [0.4, 0.5) is 0 Å². The Morgan fingerprint density at radius 2 is 1.52 bits per heavy atom. The molecule has 2 nitrogen and oxygen atoms in total. The number of hydrogen-bond acceptors (Lipinski definition) is 1. The molecule has 0 aliphatic carbocycles. The van der Waals surface area contributed by atoms with Crippen LogP contribution >= 0.6 is 0 Å². The zero-order valence-corrected chi connectivity index (χ0v) is 12.0. The molecule has 0 unspecified atom stereocenters. The van der Waals surface area contributed by atoms with Crippen molar-refractivity contribution in [1.82, 2.24) is 5.32 Å². The Balaban J connectivity index is 2.14.